The molecule has 0 aliphatic heterocycles. The van der Waals surface area contributed by atoms with Crippen LogP contribution in [0.2, 0.25) is 0 Å². The third-order valence-electron chi connectivity index (χ3n) is 10.8. The minimum Gasteiger partial charge on any atom is -0.467 e. The summed E-state index contributed by atoms with van der Waals surface area (Å²) in [7, 11) is 1.22. The molecule has 0 spiro atoms. The van der Waals surface area contributed by atoms with Gasteiger partial charge in [0.1, 0.15) is 24.4 Å². The SMILES string of the molecule is CCCCCCCCCCCCCCCC(=O)OC[C@H](CSC[C@@H](NC(=O)OC(C)(C)C)C(=O)N[C@@H](COC(C)(C)C)C(=O)OC)OC(=O)CCCCCCCCCCCCCCC. The van der Waals surface area contributed by atoms with Gasteiger partial charge in [0, 0.05) is 24.3 Å². The second-order valence-electron chi connectivity index (χ2n) is 19.5. The van der Waals surface area contributed by atoms with Crippen LogP contribution in [0.4, 0.5) is 4.79 Å². The number of unbranched alkanes of at least 4 members (excludes halogenated alkanes) is 24. The molecule has 0 heterocycles. The number of esters is 3. The Morgan fingerprint density at radius 3 is 1.33 bits per heavy atom. The Labute approximate surface area is 395 Å². The molecule has 0 aromatic heterocycles. The van der Waals surface area contributed by atoms with Crippen molar-refractivity contribution in [3.05, 3.63) is 0 Å². The summed E-state index contributed by atoms with van der Waals surface area (Å²) < 4.78 is 27.6. The summed E-state index contributed by atoms with van der Waals surface area (Å²) in [4.78, 5) is 65.0. The minimum absolute atomic E-state index is 0.0406. The highest BCUT2D eigenvalue weighted by atomic mass is 32.2. The summed E-state index contributed by atoms with van der Waals surface area (Å²) in [6, 6.07) is -2.26. The van der Waals surface area contributed by atoms with E-state index in [9.17, 15) is 24.0 Å². The first-order chi connectivity index (χ1) is 30.5. The summed E-state index contributed by atoms with van der Waals surface area (Å²) >= 11 is 1.25. The molecule has 0 aromatic carbocycles. The van der Waals surface area contributed by atoms with Crippen molar-refractivity contribution in [3.8, 4) is 0 Å². The Hall–Kier alpha value is -2.54. The number of nitrogens with one attached hydrogen (secondary N) is 2. The molecular formula is C51H96N2O10S. The molecular weight excluding hydrogens is 833 g/mol. The molecule has 0 rings (SSSR count). The first-order valence-corrected chi connectivity index (χ1v) is 26.6. The highest BCUT2D eigenvalue weighted by Crippen LogP contribution is 2.17. The fourth-order valence-electron chi connectivity index (χ4n) is 7.06. The van der Waals surface area contributed by atoms with E-state index in [1.54, 1.807) is 20.8 Å². The molecule has 13 heteroatoms. The second-order valence-corrected chi connectivity index (χ2v) is 20.6. The Balaban J connectivity index is 5.30. The zero-order valence-corrected chi connectivity index (χ0v) is 43.2. The number of alkyl carbamates (subject to hydrolysis) is 1. The fraction of sp³-hybridized carbons (Fsp3) is 0.902. The second kappa shape index (κ2) is 39.6. The van der Waals surface area contributed by atoms with Crippen LogP contribution in [0.25, 0.3) is 0 Å². The number of methoxy groups -OCH3 is 1. The summed E-state index contributed by atoms with van der Waals surface area (Å²) in [6.07, 6.45) is 30.5. The molecule has 12 nitrogen and oxygen atoms in total. The Morgan fingerprint density at radius 2 is 0.922 bits per heavy atom. The molecule has 0 bridgehead atoms. The average molecular weight is 929 g/mol. The largest absolute Gasteiger partial charge is 0.467 e. The summed E-state index contributed by atoms with van der Waals surface area (Å²) in [6.45, 7) is 14.9. The van der Waals surface area contributed by atoms with Gasteiger partial charge in [0.15, 0.2) is 6.04 Å². The number of hydrogen-bond donors (Lipinski definition) is 2. The van der Waals surface area contributed by atoms with Gasteiger partial charge in [0.25, 0.3) is 0 Å². The van der Waals surface area contributed by atoms with Gasteiger partial charge in [-0.3, -0.25) is 14.4 Å². The third-order valence-corrected chi connectivity index (χ3v) is 12.0. The van der Waals surface area contributed by atoms with E-state index in [1.807, 2.05) is 20.8 Å². The number of carbonyl (C=O) groups excluding carboxylic acids is 5. The van der Waals surface area contributed by atoms with E-state index in [0.717, 1.165) is 44.9 Å². The molecule has 0 fully saturated rings. The van der Waals surface area contributed by atoms with Gasteiger partial charge in [-0.2, -0.15) is 11.8 Å². The van der Waals surface area contributed by atoms with E-state index in [2.05, 4.69) is 24.5 Å². The van der Waals surface area contributed by atoms with Gasteiger partial charge < -0.3 is 34.3 Å². The fourth-order valence-corrected chi connectivity index (χ4v) is 8.09. The van der Waals surface area contributed by atoms with Gasteiger partial charge >= 0.3 is 24.0 Å². The zero-order chi connectivity index (χ0) is 47.9. The standard InChI is InChI=1S/C51H96N2O10S/c1-10-12-14-16-18-20-22-24-26-28-30-32-34-36-45(54)60-38-42(62-46(55)37-35-33-31-29-27-25-23-21-19-17-15-13-11-2)40-64-41-44(53-49(58)63-51(6,7)8)47(56)52-43(48(57)59-9)39-61-50(3,4)5/h42-44H,10-41H2,1-9H3,(H,52,56)(H,53,58)/t42-,43+,44-/m1/s1. The summed E-state index contributed by atoms with van der Waals surface area (Å²) in [5.41, 5.74) is -1.41. The molecule has 0 aromatic rings. The molecule has 0 unspecified atom stereocenters. The predicted molar refractivity (Wildman–Crippen MR) is 262 cm³/mol. The van der Waals surface area contributed by atoms with Crippen LogP contribution >= 0.6 is 11.8 Å². The van der Waals surface area contributed by atoms with Crippen LogP contribution in [0, 0.1) is 0 Å². The molecule has 2 amide bonds. The van der Waals surface area contributed by atoms with Crippen molar-refractivity contribution < 1.29 is 47.7 Å². The van der Waals surface area contributed by atoms with E-state index in [0.29, 0.717) is 6.42 Å². The minimum atomic E-state index is -1.14. The lowest BCUT2D eigenvalue weighted by molar-refractivity contribution is -0.157. The maximum Gasteiger partial charge on any atom is 0.408 e. The van der Waals surface area contributed by atoms with Crippen molar-refractivity contribution in [1.82, 2.24) is 10.6 Å². The van der Waals surface area contributed by atoms with Gasteiger partial charge in [0.2, 0.25) is 5.91 Å². The quantitative estimate of drug-likeness (QED) is 0.0342. The normalized spacial score (nSPS) is 13.1. The number of thioether (sulfide) groups is 1. The molecule has 0 aliphatic carbocycles. The number of hydrogen-bond acceptors (Lipinski definition) is 11. The number of amides is 2. The highest BCUT2D eigenvalue weighted by molar-refractivity contribution is 7.99. The molecule has 3 atom stereocenters. The van der Waals surface area contributed by atoms with Crippen LogP contribution in [-0.4, -0.2) is 91.1 Å². The van der Waals surface area contributed by atoms with Crippen molar-refractivity contribution in [3.63, 3.8) is 0 Å². The van der Waals surface area contributed by atoms with Gasteiger partial charge in [0.05, 0.1) is 19.3 Å². The van der Waals surface area contributed by atoms with Crippen molar-refractivity contribution in [2.45, 2.75) is 265 Å². The Morgan fingerprint density at radius 1 is 0.500 bits per heavy atom. The van der Waals surface area contributed by atoms with E-state index in [1.165, 1.54) is 141 Å². The highest BCUT2D eigenvalue weighted by Gasteiger charge is 2.31. The van der Waals surface area contributed by atoms with E-state index < -0.39 is 47.4 Å². The lowest BCUT2D eigenvalue weighted by atomic mass is 10.0. The monoisotopic (exact) mass is 929 g/mol. The first kappa shape index (κ1) is 61.5. The van der Waals surface area contributed by atoms with Gasteiger partial charge in [-0.05, 0) is 54.4 Å². The molecule has 376 valence electrons. The zero-order valence-electron chi connectivity index (χ0n) is 42.4. The van der Waals surface area contributed by atoms with E-state index in [4.69, 9.17) is 23.7 Å². The predicted octanol–water partition coefficient (Wildman–Crippen LogP) is 12.5. The topological polar surface area (TPSA) is 156 Å². The van der Waals surface area contributed by atoms with Gasteiger partial charge in [-0.15, -0.1) is 0 Å². The van der Waals surface area contributed by atoms with Gasteiger partial charge in [-0.25, -0.2) is 9.59 Å². The average Bonchev–Trinajstić information content (AvgIpc) is 3.22. The third kappa shape index (κ3) is 39.8. The summed E-state index contributed by atoms with van der Waals surface area (Å²) in [5.74, 6) is -1.80. The first-order valence-electron chi connectivity index (χ1n) is 25.5. The number of ether oxygens (including phenoxy) is 5. The molecule has 64 heavy (non-hydrogen) atoms. The van der Waals surface area contributed by atoms with Crippen molar-refractivity contribution in [2.24, 2.45) is 0 Å². The van der Waals surface area contributed by atoms with Crippen molar-refractivity contribution in [1.29, 1.82) is 0 Å². The molecule has 2 N–H and O–H groups in total. The van der Waals surface area contributed by atoms with Crippen LogP contribution in [0.1, 0.15) is 235 Å². The van der Waals surface area contributed by atoms with E-state index in [-0.39, 0.29) is 43.1 Å². The van der Waals surface area contributed by atoms with Crippen LogP contribution in [0.15, 0.2) is 0 Å². The lowest BCUT2D eigenvalue weighted by Crippen LogP contribution is -2.55. The van der Waals surface area contributed by atoms with Gasteiger partial charge in [-0.1, -0.05) is 168 Å². The molecule has 0 aliphatic rings. The van der Waals surface area contributed by atoms with Crippen LogP contribution in [0.3, 0.4) is 0 Å². The maximum atomic E-state index is 13.6. The number of carbonyl (C=O) groups is 5. The van der Waals surface area contributed by atoms with Crippen LogP contribution < -0.4 is 10.6 Å². The Bertz CT molecular complexity index is 1200. The summed E-state index contributed by atoms with van der Waals surface area (Å²) in [5, 5.41) is 5.27. The number of rotatable bonds is 41. The smallest absolute Gasteiger partial charge is 0.408 e. The molecule has 0 saturated heterocycles. The van der Waals surface area contributed by atoms with E-state index >= 15 is 0 Å². The van der Waals surface area contributed by atoms with Crippen LogP contribution in [0.5, 0.6) is 0 Å². The maximum absolute atomic E-state index is 13.6. The van der Waals surface area contributed by atoms with Crippen molar-refractivity contribution in [2.75, 3.05) is 31.8 Å². The van der Waals surface area contributed by atoms with Crippen molar-refractivity contribution >= 4 is 41.7 Å². The molecule has 0 saturated carbocycles. The Kier molecular flexibility index (Phi) is 38.0. The van der Waals surface area contributed by atoms with Crippen LogP contribution in [-0.2, 0) is 42.9 Å². The molecule has 0 radical (unpaired) electrons. The lowest BCUT2D eigenvalue weighted by Gasteiger charge is -2.27.